The number of nitrogens with one attached hydrogen (secondary N) is 2. The van der Waals surface area contributed by atoms with Crippen LogP contribution in [-0.4, -0.2) is 60.3 Å². The summed E-state index contributed by atoms with van der Waals surface area (Å²) in [5, 5.41) is 9.93. The van der Waals surface area contributed by atoms with Crippen LogP contribution in [0.3, 0.4) is 0 Å². The highest BCUT2D eigenvalue weighted by Gasteiger charge is 2.37. The number of piperidine rings is 1. The maximum atomic E-state index is 13.3. The van der Waals surface area contributed by atoms with Crippen molar-refractivity contribution in [2.24, 2.45) is 0 Å². The van der Waals surface area contributed by atoms with E-state index in [1.807, 2.05) is 49.1 Å². The van der Waals surface area contributed by atoms with Crippen molar-refractivity contribution in [1.29, 1.82) is 0 Å². The molecule has 3 rings (SSSR count). The molecule has 2 amide bonds. The molecule has 0 bridgehead atoms. The Labute approximate surface area is 171 Å². The van der Waals surface area contributed by atoms with Crippen LogP contribution in [-0.2, 0) is 14.9 Å². The van der Waals surface area contributed by atoms with E-state index < -0.39 is 5.41 Å². The van der Waals surface area contributed by atoms with Crippen molar-refractivity contribution in [3.63, 3.8) is 0 Å². The van der Waals surface area contributed by atoms with Gasteiger partial charge in [0.1, 0.15) is 0 Å². The van der Waals surface area contributed by atoms with E-state index in [0.717, 1.165) is 30.6 Å². The van der Waals surface area contributed by atoms with Gasteiger partial charge in [0, 0.05) is 32.7 Å². The van der Waals surface area contributed by atoms with Crippen LogP contribution >= 0.6 is 0 Å². The van der Waals surface area contributed by atoms with E-state index in [4.69, 9.17) is 4.74 Å². The van der Waals surface area contributed by atoms with Crippen molar-refractivity contribution in [3.05, 3.63) is 53.3 Å². The molecular weight excluding hydrogens is 368 g/mol. The Kier molecular flexibility index (Phi) is 6.69. The number of aromatic nitrogens is 2. The number of amides is 2. The van der Waals surface area contributed by atoms with Gasteiger partial charge in [0.2, 0.25) is 5.91 Å². The molecule has 0 radical (unpaired) electrons. The summed E-state index contributed by atoms with van der Waals surface area (Å²) >= 11 is 0. The summed E-state index contributed by atoms with van der Waals surface area (Å²) in [7, 11) is 1.60. The fourth-order valence-corrected chi connectivity index (χ4v) is 3.92. The third kappa shape index (κ3) is 4.67. The average molecular weight is 399 g/mol. The quantitative estimate of drug-likeness (QED) is 0.702. The highest BCUT2D eigenvalue weighted by atomic mass is 16.5. The molecule has 2 aromatic rings. The van der Waals surface area contributed by atoms with Crippen molar-refractivity contribution in [2.45, 2.75) is 38.0 Å². The number of aromatic amines is 1. The Balaban J connectivity index is 1.72. The molecule has 0 spiro atoms. The lowest BCUT2D eigenvalue weighted by Gasteiger charge is -2.37. The lowest BCUT2D eigenvalue weighted by molar-refractivity contribution is -0.137. The first-order valence-electron chi connectivity index (χ1n) is 10.1. The van der Waals surface area contributed by atoms with Gasteiger partial charge >= 0.3 is 0 Å². The second-order valence-corrected chi connectivity index (χ2v) is 8.03. The summed E-state index contributed by atoms with van der Waals surface area (Å²) in [6, 6.07) is 9.87. The summed E-state index contributed by atoms with van der Waals surface area (Å²) in [6.07, 6.45) is 3.37. The zero-order valence-corrected chi connectivity index (χ0v) is 17.4. The molecule has 7 heteroatoms. The molecule has 0 aliphatic carbocycles. The largest absolute Gasteiger partial charge is 0.383 e. The molecule has 156 valence electrons. The Morgan fingerprint density at radius 1 is 1.31 bits per heavy atom. The third-order valence-corrected chi connectivity index (χ3v) is 5.65. The van der Waals surface area contributed by atoms with Gasteiger partial charge in [-0.25, -0.2) is 0 Å². The maximum Gasteiger partial charge on any atom is 0.254 e. The van der Waals surface area contributed by atoms with Crippen molar-refractivity contribution >= 4 is 11.8 Å². The lowest BCUT2D eigenvalue weighted by atomic mass is 9.82. The van der Waals surface area contributed by atoms with E-state index in [2.05, 4.69) is 15.5 Å². The fraction of sp³-hybridized carbons (Fsp3) is 0.500. The molecule has 7 nitrogen and oxygen atoms in total. The predicted molar refractivity (Wildman–Crippen MR) is 111 cm³/mol. The van der Waals surface area contributed by atoms with Crippen LogP contribution in [0.25, 0.3) is 0 Å². The molecule has 2 heterocycles. The van der Waals surface area contributed by atoms with Gasteiger partial charge in [0.05, 0.1) is 29.5 Å². The number of methoxy groups -OCH3 is 1. The fourth-order valence-electron chi connectivity index (χ4n) is 3.92. The summed E-state index contributed by atoms with van der Waals surface area (Å²) in [5.74, 6) is 0.00262. The second kappa shape index (κ2) is 9.22. The molecule has 1 fully saturated rings. The predicted octanol–water partition coefficient (Wildman–Crippen LogP) is 2.47. The smallest absolute Gasteiger partial charge is 0.254 e. The van der Waals surface area contributed by atoms with E-state index >= 15 is 0 Å². The summed E-state index contributed by atoms with van der Waals surface area (Å²) in [4.78, 5) is 27.8. The third-order valence-electron chi connectivity index (χ3n) is 5.65. The van der Waals surface area contributed by atoms with Crippen LogP contribution in [0.15, 0.2) is 36.5 Å². The van der Waals surface area contributed by atoms with Gasteiger partial charge in [-0.1, -0.05) is 30.3 Å². The number of hydrogen-bond acceptors (Lipinski definition) is 4. The number of hydrogen-bond donors (Lipinski definition) is 2. The van der Waals surface area contributed by atoms with Gasteiger partial charge in [0.15, 0.2) is 0 Å². The molecule has 2 N–H and O–H groups in total. The summed E-state index contributed by atoms with van der Waals surface area (Å²) in [5.41, 5.74) is 1.75. The number of ether oxygens (including phenoxy) is 1. The maximum absolute atomic E-state index is 13.3. The highest BCUT2D eigenvalue weighted by molar-refractivity contribution is 5.95. The normalized spacial score (nSPS) is 17.2. The van der Waals surface area contributed by atoms with Crippen molar-refractivity contribution in [2.75, 3.05) is 33.4 Å². The van der Waals surface area contributed by atoms with Crippen molar-refractivity contribution in [1.82, 2.24) is 20.4 Å². The van der Waals surface area contributed by atoms with Gasteiger partial charge in [-0.05, 0) is 32.3 Å². The van der Waals surface area contributed by atoms with Gasteiger partial charge in [-0.15, -0.1) is 0 Å². The number of rotatable bonds is 7. The van der Waals surface area contributed by atoms with Crippen molar-refractivity contribution < 1.29 is 14.3 Å². The molecule has 0 saturated carbocycles. The molecule has 1 aliphatic heterocycles. The number of likely N-dealkylation sites (tertiary alicyclic amines) is 1. The number of carbonyl (C=O) groups is 2. The van der Waals surface area contributed by atoms with Crippen molar-refractivity contribution in [3.8, 4) is 0 Å². The molecule has 1 aliphatic rings. The summed E-state index contributed by atoms with van der Waals surface area (Å²) in [6.45, 7) is 6.16. The first-order valence-corrected chi connectivity index (χ1v) is 10.1. The lowest BCUT2D eigenvalue weighted by Crippen LogP contribution is -2.47. The Morgan fingerprint density at radius 3 is 2.79 bits per heavy atom. The van der Waals surface area contributed by atoms with E-state index in [9.17, 15) is 9.59 Å². The minimum Gasteiger partial charge on any atom is -0.383 e. The van der Waals surface area contributed by atoms with Crippen LogP contribution in [0.1, 0.15) is 54.2 Å². The molecule has 1 saturated heterocycles. The van der Waals surface area contributed by atoms with Crippen LogP contribution in [0.4, 0.5) is 0 Å². The van der Waals surface area contributed by atoms with Gasteiger partial charge in [-0.3, -0.25) is 14.7 Å². The average Bonchev–Trinajstić information content (AvgIpc) is 3.24. The Morgan fingerprint density at radius 2 is 2.07 bits per heavy atom. The minimum atomic E-state index is -0.600. The van der Waals surface area contributed by atoms with E-state index in [0.29, 0.717) is 25.3 Å². The topological polar surface area (TPSA) is 87.3 Å². The van der Waals surface area contributed by atoms with Gasteiger partial charge in [-0.2, -0.15) is 5.10 Å². The molecule has 0 unspecified atom stereocenters. The van der Waals surface area contributed by atoms with E-state index in [1.54, 1.807) is 13.3 Å². The highest BCUT2D eigenvalue weighted by Crippen LogP contribution is 2.32. The number of nitrogens with zero attached hydrogens (tertiary/aromatic N) is 2. The zero-order chi connectivity index (χ0) is 20.9. The van der Waals surface area contributed by atoms with Crippen LogP contribution in [0.5, 0.6) is 0 Å². The minimum absolute atomic E-state index is 0.0601. The van der Waals surface area contributed by atoms with Crippen LogP contribution < -0.4 is 5.32 Å². The first kappa shape index (κ1) is 21.0. The first-order chi connectivity index (χ1) is 13.9. The molecular formula is C22H30N4O3. The van der Waals surface area contributed by atoms with Gasteiger partial charge in [0.25, 0.3) is 5.91 Å². The number of H-pyrrole nitrogens is 1. The van der Waals surface area contributed by atoms with Crippen LogP contribution in [0, 0.1) is 0 Å². The summed E-state index contributed by atoms with van der Waals surface area (Å²) < 4.78 is 4.98. The second-order valence-electron chi connectivity index (χ2n) is 8.03. The Bertz CT molecular complexity index is 832. The number of benzene rings is 1. The van der Waals surface area contributed by atoms with Gasteiger partial charge < -0.3 is 15.0 Å². The SMILES string of the molecule is COCCNC(=O)c1cn[nH]c1[C@H]1CCCN(C(=O)C(C)(C)c2ccccc2)C1. The van der Waals surface area contributed by atoms with E-state index in [1.165, 1.54) is 0 Å². The number of carbonyl (C=O) groups excluding carboxylic acids is 2. The molecule has 1 aromatic carbocycles. The molecule has 1 aromatic heterocycles. The van der Waals surface area contributed by atoms with Crippen LogP contribution in [0.2, 0.25) is 0 Å². The Hall–Kier alpha value is -2.67. The standard InChI is InChI=1S/C22H30N4O3/c1-22(2,17-9-5-4-6-10-17)21(28)26-12-7-8-16(15-26)19-18(14-24-25-19)20(27)23-11-13-29-3/h4-6,9-10,14,16H,7-8,11-13,15H2,1-3H3,(H,23,27)(H,24,25)/t16-/m0/s1. The molecule has 29 heavy (non-hydrogen) atoms. The monoisotopic (exact) mass is 398 g/mol. The van der Waals surface area contributed by atoms with E-state index in [-0.39, 0.29) is 17.7 Å². The molecule has 1 atom stereocenters. The zero-order valence-electron chi connectivity index (χ0n) is 17.4.